The molecule has 2 aliphatic rings. The average molecular weight is 431 g/mol. The van der Waals surface area contributed by atoms with Crippen LogP contribution in [0.4, 0.5) is 5.69 Å². The molecule has 2 aliphatic heterocycles. The van der Waals surface area contributed by atoms with Gasteiger partial charge in [-0.25, -0.2) is 4.79 Å². The molecule has 0 bridgehead atoms. The Balaban J connectivity index is 1.72. The highest BCUT2D eigenvalue weighted by molar-refractivity contribution is 6.02. The summed E-state index contributed by atoms with van der Waals surface area (Å²) in [6.07, 6.45) is 1.03. The molecular weight excluding hydrogens is 400 g/mol. The van der Waals surface area contributed by atoms with Gasteiger partial charge in [0.05, 0.1) is 12.7 Å². The van der Waals surface area contributed by atoms with E-state index in [0.29, 0.717) is 18.4 Å². The first-order valence-electron chi connectivity index (χ1n) is 10.5. The van der Waals surface area contributed by atoms with Crippen LogP contribution in [0.25, 0.3) is 0 Å². The van der Waals surface area contributed by atoms with Crippen LogP contribution in [-0.4, -0.2) is 60.0 Å². The molecule has 9 nitrogen and oxygen atoms in total. The molecule has 0 aliphatic carbocycles. The maximum Gasteiger partial charge on any atom is 0.328 e. The highest BCUT2D eigenvalue weighted by atomic mass is 16.5. The lowest BCUT2D eigenvalue weighted by Gasteiger charge is -2.40. The number of fused-ring (bicyclic) bond motifs is 1. The van der Waals surface area contributed by atoms with Crippen LogP contribution in [-0.2, 0) is 19.1 Å². The molecule has 3 rings (SSSR count). The van der Waals surface area contributed by atoms with E-state index in [0.717, 1.165) is 5.69 Å². The van der Waals surface area contributed by atoms with Gasteiger partial charge in [-0.1, -0.05) is 26.0 Å². The van der Waals surface area contributed by atoms with Crippen LogP contribution in [0.5, 0.6) is 0 Å². The van der Waals surface area contributed by atoms with Gasteiger partial charge in [0.1, 0.15) is 17.7 Å². The lowest BCUT2D eigenvalue weighted by atomic mass is 9.95. The van der Waals surface area contributed by atoms with Crippen molar-refractivity contribution in [2.24, 2.45) is 5.92 Å². The highest BCUT2D eigenvalue weighted by Crippen LogP contribution is 2.32. The van der Waals surface area contributed by atoms with E-state index in [-0.39, 0.29) is 30.7 Å². The number of rotatable bonds is 5. The molecule has 3 amide bonds. The molecule has 1 spiro atoms. The molecule has 1 saturated heterocycles. The average Bonchev–Trinajstić information content (AvgIpc) is 2.89. The van der Waals surface area contributed by atoms with Crippen LogP contribution in [0.2, 0.25) is 0 Å². The monoisotopic (exact) mass is 430 g/mol. The first kappa shape index (κ1) is 22.6. The second kappa shape index (κ2) is 8.95. The number of nitrogens with zero attached hydrogens (tertiary/aromatic N) is 1. The predicted octanol–water partition coefficient (Wildman–Crippen LogP) is 1.25. The molecule has 2 heterocycles. The summed E-state index contributed by atoms with van der Waals surface area (Å²) in [6, 6.07) is 5.69. The van der Waals surface area contributed by atoms with E-state index >= 15 is 0 Å². The number of hydrogen-bond donors (Lipinski definition) is 3. The molecule has 1 fully saturated rings. The summed E-state index contributed by atoms with van der Waals surface area (Å²) in [5, 5.41) is 9.11. The van der Waals surface area contributed by atoms with Gasteiger partial charge >= 0.3 is 5.97 Å². The van der Waals surface area contributed by atoms with E-state index in [1.165, 1.54) is 12.0 Å². The number of anilines is 1. The molecule has 3 N–H and O–H groups in total. The van der Waals surface area contributed by atoms with Gasteiger partial charge in [-0.2, -0.15) is 0 Å². The van der Waals surface area contributed by atoms with E-state index in [4.69, 9.17) is 4.74 Å². The molecule has 0 radical (unpaired) electrons. The number of amides is 3. The van der Waals surface area contributed by atoms with E-state index in [2.05, 4.69) is 16.0 Å². The van der Waals surface area contributed by atoms with Crippen LogP contribution >= 0.6 is 0 Å². The number of ether oxygens (including phenoxy) is 1. The first-order chi connectivity index (χ1) is 14.7. The molecule has 3 unspecified atom stereocenters. The van der Waals surface area contributed by atoms with Crippen LogP contribution in [0, 0.1) is 5.92 Å². The van der Waals surface area contributed by atoms with Crippen LogP contribution < -0.4 is 16.0 Å². The summed E-state index contributed by atoms with van der Waals surface area (Å²) in [5.74, 6) is -1.45. The van der Waals surface area contributed by atoms with Crippen LogP contribution in [0.15, 0.2) is 24.3 Å². The minimum absolute atomic E-state index is 0.159. The molecule has 0 aromatic heterocycles. The van der Waals surface area contributed by atoms with Gasteiger partial charge < -0.3 is 25.6 Å². The fourth-order valence-electron chi connectivity index (χ4n) is 4.09. The quantitative estimate of drug-likeness (QED) is 0.606. The van der Waals surface area contributed by atoms with Crippen molar-refractivity contribution in [2.75, 3.05) is 19.0 Å². The van der Waals surface area contributed by atoms with Crippen LogP contribution in [0.3, 0.4) is 0 Å². The second-order valence-electron chi connectivity index (χ2n) is 8.47. The largest absolute Gasteiger partial charge is 0.467 e. The summed E-state index contributed by atoms with van der Waals surface area (Å²) in [4.78, 5) is 51.7. The van der Waals surface area contributed by atoms with Gasteiger partial charge in [0.15, 0.2) is 0 Å². The Bertz CT molecular complexity index is 886. The van der Waals surface area contributed by atoms with Gasteiger partial charge in [-0.3, -0.25) is 14.4 Å². The van der Waals surface area contributed by atoms with Crippen molar-refractivity contribution in [3.8, 4) is 0 Å². The Hall–Kier alpha value is -3.10. The molecule has 1 aromatic carbocycles. The number of nitrogens with one attached hydrogen (secondary N) is 3. The Kier molecular flexibility index (Phi) is 6.52. The van der Waals surface area contributed by atoms with E-state index in [9.17, 15) is 19.2 Å². The standard InChI is InChI=1S/C22H30N4O5/c1-13(2)18(21(30)31-4)23-19(28)14(3)26-12-11-22(10-9-17(26)27)24-16-8-6-5-7-15(16)20(29)25-22/h5-8,13-14,18,24H,9-12H2,1-4H3,(H,23,28)(H,25,29). The molecule has 9 heteroatoms. The third kappa shape index (κ3) is 4.65. The minimum Gasteiger partial charge on any atom is -0.467 e. The number of benzene rings is 1. The minimum atomic E-state index is -0.788. The number of methoxy groups -OCH3 is 1. The second-order valence-corrected chi connectivity index (χ2v) is 8.47. The third-order valence-corrected chi connectivity index (χ3v) is 6.03. The number of likely N-dealkylation sites (tertiary alicyclic amines) is 1. The van der Waals surface area contributed by atoms with E-state index in [1.54, 1.807) is 19.1 Å². The smallest absolute Gasteiger partial charge is 0.328 e. The van der Waals surface area contributed by atoms with Crippen molar-refractivity contribution in [1.82, 2.24) is 15.5 Å². The zero-order valence-electron chi connectivity index (χ0n) is 18.4. The third-order valence-electron chi connectivity index (χ3n) is 6.03. The summed E-state index contributed by atoms with van der Waals surface area (Å²) < 4.78 is 4.77. The van der Waals surface area contributed by atoms with Crippen molar-refractivity contribution in [3.63, 3.8) is 0 Å². The summed E-state index contributed by atoms with van der Waals surface area (Å²) in [7, 11) is 1.27. The van der Waals surface area contributed by atoms with Crippen molar-refractivity contribution >= 4 is 29.4 Å². The molecule has 168 valence electrons. The number of carbonyl (C=O) groups excluding carboxylic acids is 4. The van der Waals surface area contributed by atoms with E-state index < -0.39 is 29.6 Å². The Morgan fingerprint density at radius 3 is 2.52 bits per heavy atom. The number of esters is 1. The van der Waals surface area contributed by atoms with Crippen molar-refractivity contribution in [3.05, 3.63) is 29.8 Å². The number of carbonyl (C=O) groups is 4. The molecular formula is C22H30N4O5. The predicted molar refractivity (Wildman–Crippen MR) is 114 cm³/mol. The van der Waals surface area contributed by atoms with Gasteiger partial charge in [0, 0.05) is 25.1 Å². The normalized spacial score (nSPS) is 22.7. The molecule has 31 heavy (non-hydrogen) atoms. The Morgan fingerprint density at radius 1 is 1.13 bits per heavy atom. The molecule has 1 aromatic rings. The maximum atomic E-state index is 12.8. The van der Waals surface area contributed by atoms with Gasteiger partial charge in [0.25, 0.3) is 5.91 Å². The fraction of sp³-hybridized carbons (Fsp3) is 0.545. The first-order valence-corrected chi connectivity index (χ1v) is 10.5. The Morgan fingerprint density at radius 2 is 1.84 bits per heavy atom. The Labute approximate surface area is 181 Å². The zero-order chi connectivity index (χ0) is 22.8. The maximum absolute atomic E-state index is 12.8. The van der Waals surface area contributed by atoms with Crippen molar-refractivity contribution < 1.29 is 23.9 Å². The highest BCUT2D eigenvalue weighted by Gasteiger charge is 2.42. The molecule has 0 saturated carbocycles. The number of hydrogen-bond acceptors (Lipinski definition) is 6. The molecule has 3 atom stereocenters. The van der Waals surface area contributed by atoms with Crippen LogP contribution in [0.1, 0.15) is 50.4 Å². The fourth-order valence-corrected chi connectivity index (χ4v) is 4.09. The van der Waals surface area contributed by atoms with Crippen molar-refractivity contribution in [1.29, 1.82) is 0 Å². The lowest BCUT2D eigenvalue weighted by Crippen LogP contribution is -2.58. The number of para-hydroxylation sites is 1. The zero-order valence-corrected chi connectivity index (χ0v) is 18.4. The van der Waals surface area contributed by atoms with Gasteiger partial charge in [-0.05, 0) is 31.4 Å². The topological polar surface area (TPSA) is 117 Å². The van der Waals surface area contributed by atoms with Crippen molar-refractivity contribution in [2.45, 2.75) is 57.8 Å². The SMILES string of the molecule is COC(=O)C(NC(=O)C(C)N1CCC2(CCC1=O)NC(=O)c1ccccc1N2)C(C)C. The summed E-state index contributed by atoms with van der Waals surface area (Å²) >= 11 is 0. The summed E-state index contributed by atoms with van der Waals surface area (Å²) in [6.45, 7) is 5.54. The lowest BCUT2D eigenvalue weighted by molar-refractivity contribution is -0.147. The summed E-state index contributed by atoms with van der Waals surface area (Å²) in [5.41, 5.74) is 0.546. The van der Waals surface area contributed by atoms with Gasteiger partial charge in [0.2, 0.25) is 11.8 Å². The van der Waals surface area contributed by atoms with E-state index in [1.807, 2.05) is 26.0 Å². The van der Waals surface area contributed by atoms with Gasteiger partial charge in [-0.15, -0.1) is 0 Å².